The van der Waals surface area contributed by atoms with Crippen molar-refractivity contribution in [2.45, 2.75) is 18.4 Å². The number of thiazole rings is 1. The minimum atomic E-state index is -0.310. The second-order valence-electron chi connectivity index (χ2n) is 3.99. The molecule has 1 heterocycles. The average molecular weight is 293 g/mol. The minimum absolute atomic E-state index is 0.287. The van der Waals surface area contributed by atoms with Gasteiger partial charge < -0.3 is 11.1 Å². The van der Waals surface area contributed by atoms with Crippen molar-refractivity contribution in [3.05, 3.63) is 40.3 Å². The standard InChI is InChI=1S/C13H15N3OS2/c1-9-7-19-13(16-9)6-15-10-4-2-3-5-11(10)18-8-12(14)17/h2-5,7,15H,6,8H2,1H3,(H2,14,17). The number of carbonyl (C=O) groups excluding carboxylic acids is 1. The number of nitrogens with two attached hydrogens (primary N) is 1. The predicted octanol–water partition coefficient (Wildman–Crippen LogP) is 2.64. The fourth-order valence-electron chi connectivity index (χ4n) is 1.54. The van der Waals surface area contributed by atoms with Crippen LogP contribution in [0.3, 0.4) is 0 Å². The molecule has 0 spiro atoms. The van der Waals surface area contributed by atoms with Crippen LogP contribution in [0.4, 0.5) is 5.69 Å². The summed E-state index contributed by atoms with van der Waals surface area (Å²) in [6.07, 6.45) is 0. The van der Waals surface area contributed by atoms with Crippen molar-refractivity contribution in [3.8, 4) is 0 Å². The van der Waals surface area contributed by atoms with E-state index in [1.54, 1.807) is 11.3 Å². The van der Waals surface area contributed by atoms with Crippen molar-refractivity contribution >= 4 is 34.7 Å². The Morgan fingerprint density at radius 3 is 2.95 bits per heavy atom. The van der Waals surface area contributed by atoms with Crippen LogP contribution in [-0.2, 0) is 11.3 Å². The summed E-state index contributed by atoms with van der Waals surface area (Å²) in [5.74, 6) is -0.0231. The van der Waals surface area contributed by atoms with E-state index < -0.39 is 0 Å². The molecule has 100 valence electrons. The SMILES string of the molecule is Cc1csc(CNc2ccccc2SCC(N)=O)n1. The molecule has 0 aliphatic rings. The summed E-state index contributed by atoms with van der Waals surface area (Å²) in [6.45, 7) is 2.67. The number of para-hydroxylation sites is 1. The summed E-state index contributed by atoms with van der Waals surface area (Å²) < 4.78 is 0. The second kappa shape index (κ2) is 6.58. The van der Waals surface area contributed by atoms with Crippen LogP contribution in [0.2, 0.25) is 0 Å². The third kappa shape index (κ3) is 4.25. The molecule has 4 nitrogen and oxygen atoms in total. The number of thioether (sulfide) groups is 1. The molecule has 1 aromatic carbocycles. The van der Waals surface area contributed by atoms with Gasteiger partial charge in [0.05, 0.1) is 12.3 Å². The molecule has 0 atom stereocenters. The lowest BCUT2D eigenvalue weighted by atomic mass is 10.3. The van der Waals surface area contributed by atoms with Gasteiger partial charge in [-0.15, -0.1) is 23.1 Å². The molecule has 2 aromatic rings. The number of primary amides is 1. The van der Waals surface area contributed by atoms with E-state index in [-0.39, 0.29) is 11.7 Å². The Kier molecular flexibility index (Phi) is 4.81. The van der Waals surface area contributed by atoms with E-state index in [2.05, 4.69) is 10.3 Å². The van der Waals surface area contributed by atoms with E-state index in [4.69, 9.17) is 5.73 Å². The monoisotopic (exact) mass is 293 g/mol. The topological polar surface area (TPSA) is 68.0 Å². The van der Waals surface area contributed by atoms with Crippen LogP contribution >= 0.6 is 23.1 Å². The number of rotatable bonds is 6. The lowest BCUT2D eigenvalue weighted by Gasteiger charge is -2.09. The minimum Gasteiger partial charge on any atom is -0.378 e. The first kappa shape index (κ1) is 13.9. The predicted molar refractivity (Wildman–Crippen MR) is 80.5 cm³/mol. The molecule has 0 bridgehead atoms. The Balaban J connectivity index is 2.01. The number of nitrogens with zero attached hydrogens (tertiary/aromatic N) is 1. The van der Waals surface area contributed by atoms with Crippen molar-refractivity contribution < 1.29 is 4.79 Å². The van der Waals surface area contributed by atoms with Gasteiger partial charge in [0.25, 0.3) is 0 Å². The van der Waals surface area contributed by atoms with Crippen LogP contribution in [0.1, 0.15) is 10.7 Å². The highest BCUT2D eigenvalue weighted by Gasteiger charge is 2.05. The van der Waals surface area contributed by atoms with Crippen LogP contribution in [0.5, 0.6) is 0 Å². The number of carbonyl (C=O) groups is 1. The zero-order valence-corrected chi connectivity index (χ0v) is 12.2. The summed E-state index contributed by atoms with van der Waals surface area (Å²) in [5.41, 5.74) is 7.21. The Bertz CT molecular complexity index is 569. The Hall–Kier alpha value is -1.53. The number of nitrogens with one attached hydrogen (secondary N) is 1. The Labute approximate surface area is 120 Å². The van der Waals surface area contributed by atoms with Gasteiger partial charge in [-0.25, -0.2) is 4.98 Å². The fraction of sp³-hybridized carbons (Fsp3) is 0.231. The zero-order chi connectivity index (χ0) is 13.7. The lowest BCUT2D eigenvalue weighted by Crippen LogP contribution is -2.13. The summed E-state index contributed by atoms with van der Waals surface area (Å²) in [7, 11) is 0. The first-order chi connectivity index (χ1) is 9.15. The maximum atomic E-state index is 10.8. The van der Waals surface area contributed by atoms with E-state index in [0.717, 1.165) is 21.3 Å². The largest absolute Gasteiger partial charge is 0.378 e. The number of benzene rings is 1. The van der Waals surface area contributed by atoms with Gasteiger partial charge in [0.2, 0.25) is 5.91 Å². The van der Waals surface area contributed by atoms with Crippen LogP contribution in [0, 0.1) is 6.92 Å². The highest BCUT2D eigenvalue weighted by atomic mass is 32.2. The second-order valence-corrected chi connectivity index (χ2v) is 5.95. The van der Waals surface area contributed by atoms with E-state index in [9.17, 15) is 4.79 Å². The van der Waals surface area contributed by atoms with Crippen LogP contribution in [0.25, 0.3) is 0 Å². The number of hydrogen-bond donors (Lipinski definition) is 2. The van der Waals surface area contributed by atoms with Crippen LogP contribution < -0.4 is 11.1 Å². The van der Waals surface area contributed by atoms with Crippen molar-refractivity contribution in [1.82, 2.24) is 4.98 Å². The number of aromatic nitrogens is 1. The van der Waals surface area contributed by atoms with Gasteiger partial charge in [-0.1, -0.05) is 12.1 Å². The van der Waals surface area contributed by atoms with Gasteiger partial charge in [-0.3, -0.25) is 4.79 Å². The van der Waals surface area contributed by atoms with Crippen LogP contribution in [-0.4, -0.2) is 16.6 Å². The van der Waals surface area contributed by atoms with Gasteiger partial charge >= 0.3 is 0 Å². The van der Waals surface area contributed by atoms with E-state index in [1.165, 1.54) is 11.8 Å². The molecule has 0 aliphatic heterocycles. The quantitative estimate of drug-likeness (QED) is 0.803. The van der Waals surface area contributed by atoms with Crippen molar-refractivity contribution in [2.75, 3.05) is 11.1 Å². The molecule has 3 N–H and O–H groups in total. The molecule has 1 aromatic heterocycles. The summed E-state index contributed by atoms with van der Waals surface area (Å²) in [5, 5.41) is 6.42. The van der Waals surface area contributed by atoms with Crippen molar-refractivity contribution in [3.63, 3.8) is 0 Å². The Morgan fingerprint density at radius 1 is 1.47 bits per heavy atom. The van der Waals surface area contributed by atoms with E-state index in [1.807, 2.05) is 36.6 Å². The number of hydrogen-bond acceptors (Lipinski definition) is 5. The first-order valence-electron chi connectivity index (χ1n) is 5.80. The zero-order valence-electron chi connectivity index (χ0n) is 10.6. The molecule has 0 aliphatic carbocycles. The third-order valence-corrected chi connectivity index (χ3v) is 4.42. The smallest absolute Gasteiger partial charge is 0.227 e. The highest BCUT2D eigenvalue weighted by Crippen LogP contribution is 2.27. The van der Waals surface area contributed by atoms with Gasteiger partial charge in [0.15, 0.2) is 0 Å². The summed E-state index contributed by atoms with van der Waals surface area (Å²) in [4.78, 5) is 16.3. The molecular formula is C13H15N3OS2. The molecule has 1 amide bonds. The maximum absolute atomic E-state index is 10.8. The first-order valence-corrected chi connectivity index (χ1v) is 7.66. The molecule has 0 saturated heterocycles. The summed E-state index contributed by atoms with van der Waals surface area (Å²) >= 11 is 3.08. The lowest BCUT2D eigenvalue weighted by molar-refractivity contribution is -0.115. The number of anilines is 1. The molecule has 0 fully saturated rings. The third-order valence-electron chi connectivity index (χ3n) is 2.35. The molecule has 6 heteroatoms. The maximum Gasteiger partial charge on any atom is 0.227 e. The van der Waals surface area contributed by atoms with E-state index in [0.29, 0.717) is 6.54 Å². The molecule has 2 rings (SSSR count). The van der Waals surface area contributed by atoms with Gasteiger partial charge in [-0.2, -0.15) is 0 Å². The van der Waals surface area contributed by atoms with Crippen molar-refractivity contribution in [1.29, 1.82) is 0 Å². The van der Waals surface area contributed by atoms with Crippen LogP contribution in [0.15, 0.2) is 34.5 Å². The molecule has 0 radical (unpaired) electrons. The normalized spacial score (nSPS) is 10.4. The fourth-order valence-corrected chi connectivity index (χ4v) is 3.02. The number of amides is 1. The van der Waals surface area contributed by atoms with Gasteiger partial charge in [0, 0.05) is 21.7 Å². The molecule has 19 heavy (non-hydrogen) atoms. The Morgan fingerprint density at radius 2 is 2.26 bits per heavy atom. The van der Waals surface area contributed by atoms with Gasteiger partial charge in [-0.05, 0) is 19.1 Å². The molecule has 0 saturated carbocycles. The summed E-state index contributed by atoms with van der Waals surface area (Å²) in [6, 6.07) is 7.87. The highest BCUT2D eigenvalue weighted by molar-refractivity contribution is 8.00. The van der Waals surface area contributed by atoms with E-state index >= 15 is 0 Å². The number of aryl methyl sites for hydroxylation is 1. The van der Waals surface area contributed by atoms with Gasteiger partial charge in [0.1, 0.15) is 5.01 Å². The van der Waals surface area contributed by atoms with Crippen molar-refractivity contribution in [2.24, 2.45) is 5.73 Å². The average Bonchev–Trinajstić information content (AvgIpc) is 2.80. The molecular weight excluding hydrogens is 278 g/mol. The molecule has 0 unspecified atom stereocenters.